The molecule has 3 unspecified atom stereocenters. The zero-order valence-corrected chi connectivity index (χ0v) is 30.8. The standard InChI is InChI=1S/C43H67N3/c1-31(44)13-10-28-41(4,5)37-22-16-34(17-23-37)40(35-18-24-38(25-19-35)42(6,7)29-11-14-32(2)45)36-20-26-39(27-21-36)43(8,9)30-12-15-33(3)46/h16-27,31-33,40H,10-15,28-30,44-46H2,1-9H3. The van der Waals surface area contributed by atoms with Gasteiger partial charge in [0.25, 0.3) is 0 Å². The van der Waals surface area contributed by atoms with Crippen LogP contribution in [0.5, 0.6) is 0 Å². The number of hydrogen-bond donors (Lipinski definition) is 3. The summed E-state index contributed by atoms with van der Waals surface area (Å²) in [6.45, 7) is 20.5. The highest BCUT2D eigenvalue weighted by Crippen LogP contribution is 2.38. The maximum absolute atomic E-state index is 6.05. The van der Waals surface area contributed by atoms with Crippen LogP contribution < -0.4 is 17.2 Å². The fourth-order valence-electron chi connectivity index (χ4n) is 6.99. The van der Waals surface area contributed by atoms with Crippen LogP contribution in [0, 0.1) is 0 Å². The van der Waals surface area contributed by atoms with E-state index in [-0.39, 0.29) is 40.3 Å². The summed E-state index contributed by atoms with van der Waals surface area (Å²) in [5.41, 5.74) is 26.7. The minimum absolute atomic E-state index is 0.118. The van der Waals surface area contributed by atoms with Crippen molar-refractivity contribution in [2.75, 3.05) is 0 Å². The number of nitrogens with two attached hydrogens (primary N) is 3. The zero-order valence-electron chi connectivity index (χ0n) is 30.8. The lowest BCUT2D eigenvalue weighted by Gasteiger charge is -2.29. The van der Waals surface area contributed by atoms with E-state index in [0.717, 1.165) is 57.8 Å². The van der Waals surface area contributed by atoms with E-state index in [4.69, 9.17) is 17.2 Å². The second kappa shape index (κ2) is 16.6. The van der Waals surface area contributed by atoms with Gasteiger partial charge in [-0.05, 0) is 109 Å². The zero-order chi connectivity index (χ0) is 34.1. The molecule has 0 spiro atoms. The van der Waals surface area contributed by atoms with Crippen LogP contribution >= 0.6 is 0 Å². The second-order valence-electron chi connectivity index (χ2n) is 16.6. The van der Waals surface area contributed by atoms with Crippen molar-refractivity contribution in [3.63, 3.8) is 0 Å². The van der Waals surface area contributed by atoms with E-state index >= 15 is 0 Å². The van der Waals surface area contributed by atoms with Crippen LogP contribution in [0.4, 0.5) is 0 Å². The summed E-state index contributed by atoms with van der Waals surface area (Å²) in [5.74, 6) is 0.167. The number of hydrogen-bond acceptors (Lipinski definition) is 3. The SMILES string of the molecule is CC(N)CCCC(C)(C)c1ccc(C(c2ccc(C(C)(C)CCCC(C)N)cc2)c2ccc(C(C)(C)CCCC(C)N)cc2)cc1. The molecule has 254 valence electrons. The van der Waals surface area contributed by atoms with Crippen molar-refractivity contribution in [3.8, 4) is 0 Å². The van der Waals surface area contributed by atoms with Crippen molar-refractivity contribution in [1.82, 2.24) is 0 Å². The van der Waals surface area contributed by atoms with Gasteiger partial charge in [0.2, 0.25) is 0 Å². The Morgan fingerprint density at radius 1 is 0.413 bits per heavy atom. The summed E-state index contributed by atoms with van der Waals surface area (Å²) in [6, 6.07) is 29.1. The number of benzene rings is 3. The molecule has 3 aromatic carbocycles. The highest BCUT2D eigenvalue weighted by molar-refractivity contribution is 5.46. The molecule has 3 atom stereocenters. The summed E-state index contributed by atoms with van der Waals surface area (Å²) in [4.78, 5) is 0. The van der Waals surface area contributed by atoms with E-state index in [1.807, 2.05) is 0 Å². The first kappa shape index (κ1) is 38.0. The summed E-state index contributed by atoms with van der Waals surface area (Å²) < 4.78 is 0. The fraction of sp³-hybridized carbons (Fsp3) is 0.581. The minimum Gasteiger partial charge on any atom is -0.328 e. The molecule has 0 amide bonds. The number of rotatable bonds is 18. The minimum atomic E-state index is 0.118. The van der Waals surface area contributed by atoms with Gasteiger partial charge >= 0.3 is 0 Å². The molecule has 0 bridgehead atoms. The molecule has 3 aromatic rings. The molecule has 0 saturated heterocycles. The molecule has 0 heterocycles. The largest absolute Gasteiger partial charge is 0.328 e. The molecule has 3 nitrogen and oxygen atoms in total. The maximum atomic E-state index is 6.05. The van der Waals surface area contributed by atoms with E-state index in [9.17, 15) is 0 Å². The van der Waals surface area contributed by atoms with E-state index in [1.54, 1.807) is 0 Å². The first-order chi connectivity index (χ1) is 21.5. The van der Waals surface area contributed by atoms with Crippen LogP contribution in [-0.2, 0) is 16.2 Å². The van der Waals surface area contributed by atoms with Crippen LogP contribution in [0.15, 0.2) is 72.8 Å². The van der Waals surface area contributed by atoms with Crippen molar-refractivity contribution in [2.24, 2.45) is 17.2 Å². The van der Waals surface area contributed by atoms with Crippen LogP contribution in [0.1, 0.15) is 159 Å². The highest BCUT2D eigenvalue weighted by atomic mass is 14.6. The van der Waals surface area contributed by atoms with Gasteiger partial charge in [-0.1, -0.05) is 134 Å². The maximum Gasteiger partial charge on any atom is 0.0339 e. The molecule has 0 aliphatic rings. The molecule has 0 saturated carbocycles. The monoisotopic (exact) mass is 626 g/mol. The first-order valence-electron chi connectivity index (χ1n) is 18.1. The third kappa shape index (κ3) is 11.1. The third-order valence-electron chi connectivity index (χ3n) is 10.5. The predicted molar refractivity (Wildman–Crippen MR) is 202 cm³/mol. The Morgan fingerprint density at radius 3 is 0.826 bits per heavy atom. The summed E-state index contributed by atoms with van der Waals surface area (Å²) >= 11 is 0. The quantitative estimate of drug-likeness (QED) is 0.123. The Balaban J connectivity index is 1.94. The van der Waals surface area contributed by atoms with E-state index in [1.165, 1.54) is 33.4 Å². The molecule has 0 fully saturated rings. The average Bonchev–Trinajstić information content (AvgIpc) is 2.97. The van der Waals surface area contributed by atoms with Gasteiger partial charge in [-0.15, -0.1) is 0 Å². The van der Waals surface area contributed by atoms with Gasteiger partial charge in [0.1, 0.15) is 0 Å². The Bertz CT molecular complexity index is 1130. The topological polar surface area (TPSA) is 78.1 Å². The molecular weight excluding hydrogens is 558 g/mol. The summed E-state index contributed by atoms with van der Waals surface area (Å²) in [6.07, 6.45) is 10.1. The van der Waals surface area contributed by atoms with Crippen LogP contribution in [0.3, 0.4) is 0 Å². The van der Waals surface area contributed by atoms with E-state index < -0.39 is 0 Å². The van der Waals surface area contributed by atoms with Gasteiger partial charge in [-0.2, -0.15) is 0 Å². The third-order valence-corrected chi connectivity index (χ3v) is 10.5. The molecule has 3 heteroatoms. The Kier molecular flexibility index (Phi) is 13.7. The highest BCUT2D eigenvalue weighted by Gasteiger charge is 2.25. The van der Waals surface area contributed by atoms with Crippen LogP contribution in [0.25, 0.3) is 0 Å². The lowest BCUT2D eigenvalue weighted by atomic mass is 9.76. The molecule has 6 N–H and O–H groups in total. The molecular formula is C43H67N3. The molecule has 0 aliphatic heterocycles. The summed E-state index contributed by atoms with van der Waals surface area (Å²) in [5, 5.41) is 0. The van der Waals surface area contributed by atoms with Crippen molar-refractivity contribution >= 4 is 0 Å². The predicted octanol–water partition coefficient (Wildman–Crippen LogP) is 10.3. The molecule has 0 aromatic heterocycles. The molecule has 0 radical (unpaired) electrons. The van der Waals surface area contributed by atoms with E-state index in [0.29, 0.717) is 0 Å². The second-order valence-corrected chi connectivity index (χ2v) is 16.6. The van der Waals surface area contributed by atoms with Gasteiger partial charge < -0.3 is 17.2 Å². The molecule has 46 heavy (non-hydrogen) atoms. The normalized spacial score (nSPS) is 15.4. The van der Waals surface area contributed by atoms with E-state index in [2.05, 4.69) is 135 Å². The molecule has 3 rings (SSSR count). The Hall–Kier alpha value is -2.46. The van der Waals surface area contributed by atoms with Gasteiger partial charge in [-0.3, -0.25) is 0 Å². The van der Waals surface area contributed by atoms with Gasteiger partial charge in [0.05, 0.1) is 0 Å². The van der Waals surface area contributed by atoms with Gasteiger partial charge in [0.15, 0.2) is 0 Å². The van der Waals surface area contributed by atoms with Crippen LogP contribution in [-0.4, -0.2) is 18.1 Å². The van der Waals surface area contributed by atoms with Gasteiger partial charge in [0, 0.05) is 24.0 Å². The smallest absolute Gasteiger partial charge is 0.0339 e. The van der Waals surface area contributed by atoms with Crippen LogP contribution in [0.2, 0.25) is 0 Å². The lowest BCUT2D eigenvalue weighted by Crippen LogP contribution is -2.20. The first-order valence-corrected chi connectivity index (χ1v) is 18.1. The Labute approximate surface area is 283 Å². The van der Waals surface area contributed by atoms with Crippen molar-refractivity contribution < 1.29 is 0 Å². The average molecular weight is 626 g/mol. The van der Waals surface area contributed by atoms with Crippen molar-refractivity contribution in [2.45, 2.75) is 160 Å². The fourth-order valence-corrected chi connectivity index (χ4v) is 6.99. The molecule has 0 aliphatic carbocycles. The lowest BCUT2D eigenvalue weighted by molar-refractivity contribution is 0.439. The van der Waals surface area contributed by atoms with Crippen molar-refractivity contribution in [1.29, 1.82) is 0 Å². The summed E-state index contributed by atoms with van der Waals surface area (Å²) in [7, 11) is 0. The van der Waals surface area contributed by atoms with Crippen molar-refractivity contribution in [3.05, 3.63) is 106 Å². The van der Waals surface area contributed by atoms with Gasteiger partial charge in [-0.25, -0.2) is 0 Å². The Morgan fingerprint density at radius 2 is 0.630 bits per heavy atom.